The van der Waals surface area contributed by atoms with Gasteiger partial charge in [-0.2, -0.15) is 0 Å². The Hall–Kier alpha value is 0.135. The zero-order valence-corrected chi connectivity index (χ0v) is 4.59. The van der Waals surface area contributed by atoms with E-state index in [2.05, 4.69) is 15.0 Å². The van der Waals surface area contributed by atoms with Crippen molar-refractivity contribution in [3.8, 4) is 0 Å². The van der Waals surface area contributed by atoms with Gasteiger partial charge in [-0.25, -0.2) is 15.1 Å². The molecule has 0 saturated heterocycles. The summed E-state index contributed by atoms with van der Waals surface area (Å²) >= 11 is 0. The highest BCUT2D eigenvalue weighted by Crippen LogP contribution is 2.38. The molecule has 3 N–H and O–H groups in total. The molecular formula is H5BNO4P. The lowest BCUT2D eigenvalue weighted by atomic mass is 10.6. The van der Waals surface area contributed by atoms with Gasteiger partial charge in [0.15, 0.2) is 0 Å². The van der Waals surface area contributed by atoms with Gasteiger partial charge in [-0.15, -0.1) is 0 Å². The van der Waals surface area contributed by atoms with Crippen LogP contribution in [0.25, 0.3) is 0 Å². The number of rotatable bonds is 2. The Kier molecular flexibility index (Phi) is 2.49. The van der Waals surface area contributed by atoms with E-state index in [1.54, 1.807) is 0 Å². The van der Waals surface area contributed by atoms with Crippen molar-refractivity contribution < 1.29 is 18.5 Å². The molecular weight excluding hydrogens is 120 g/mol. The molecule has 0 aliphatic carbocycles. The SMILES string of the molecule is BOP(=O)(O)ON. The summed E-state index contributed by atoms with van der Waals surface area (Å²) in [6, 6.07) is 0. The molecule has 7 heavy (non-hydrogen) atoms. The van der Waals surface area contributed by atoms with Crippen LogP contribution in [-0.4, -0.2) is 12.9 Å². The maximum Gasteiger partial charge on any atom is 0.473 e. The molecule has 0 saturated carbocycles. The van der Waals surface area contributed by atoms with Gasteiger partial charge in [0.2, 0.25) is 0 Å². The zero-order valence-electron chi connectivity index (χ0n) is 3.70. The molecule has 0 spiro atoms. The highest BCUT2D eigenvalue weighted by molar-refractivity contribution is 7.48. The van der Waals surface area contributed by atoms with Crippen molar-refractivity contribution in [3.05, 3.63) is 0 Å². The third kappa shape index (κ3) is 2.79. The molecule has 0 aromatic rings. The molecule has 7 heteroatoms. The van der Waals surface area contributed by atoms with Crippen LogP contribution < -0.4 is 5.90 Å². The van der Waals surface area contributed by atoms with E-state index >= 15 is 0 Å². The maximum absolute atomic E-state index is 9.94. The third-order valence-corrected chi connectivity index (χ3v) is 1.09. The first-order chi connectivity index (χ1) is 3.12. The molecule has 0 radical (unpaired) electrons. The summed E-state index contributed by atoms with van der Waals surface area (Å²) in [5.41, 5.74) is 0. The van der Waals surface area contributed by atoms with Crippen LogP contribution in [0.5, 0.6) is 0 Å². The molecule has 0 bridgehead atoms. The van der Waals surface area contributed by atoms with Gasteiger partial charge in [-0.3, -0.25) is 0 Å². The minimum Gasteiger partial charge on any atom is -0.357 e. The first-order valence-electron chi connectivity index (χ1n) is 1.39. The lowest BCUT2D eigenvalue weighted by Gasteiger charge is -2.01. The molecule has 0 amide bonds. The van der Waals surface area contributed by atoms with E-state index in [1.165, 1.54) is 0 Å². The smallest absolute Gasteiger partial charge is 0.357 e. The van der Waals surface area contributed by atoms with E-state index in [0.29, 0.717) is 0 Å². The Morgan fingerprint density at radius 3 is 2.29 bits per heavy atom. The molecule has 0 aliphatic rings. The standard InChI is InChI=1S/BH5NO4P/c1-5-7(3,4)6-2/h1-2H2,(H,3,4). The van der Waals surface area contributed by atoms with Crippen molar-refractivity contribution >= 4 is 15.9 Å². The molecule has 0 fully saturated rings. The molecule has 0 aliphatic heterocycles. The second kappa shape index (κ2) is 2.44. The van der Waals surface area contributed by atoms with Crippen LogP contribution in [0.1, 0.15) is 0 Å². The van der Waals surface area contributed by atoms with Gasteiger partial charge in [0.1, 0.15) is 0 Å². The highest BCUT2D eigenvalue weighted by atomic mass is 31.2. The number of phosphoric acid groups is 1. The van der Waals surface area contributed by atoms with Crippen LogP contribution in [0, 0.1) is 0 Å². The Bertz CT molecular complexity index is 83.7. The van der Waals surface area contributed by atoms with Crippen molar-refractivity contribution in [3.63, 3.8) is 0 Å². The van der Waals surface area contributed by atoms with Crippen LogP contribution in [0.15, 0.2) is 0 Å². The Morgan fingerprint density at radius 1 is 1.86 bits per heavy atom. The summed E-state index contributed by atoms with van der Waals surface area (Å²) in [5.74, 6) is 4.28. The maximum atomic E-state index is 9.94. The van der Waals surface area contributed by atoms with Crippen LogP contribution in [0.2, 0.25) is 0 Å². The van der Waals surface area contributed by atoms with Crippen LogP contribution in [0.3, 0.4) is 0 Å². The van der Waals surface area contributed by atoms with E-state index < -0.39 is 7.82 Å². The number of nitrogens with two attached hydrogens (primary N) is 1. The highest BCUT2D eigenvalue weighted by Gasteiger charge is 2.13. The summed E-state index contributed by atoms with van der Waals surface area (Å²) in [6.45, 7) is 0. The van der Waals surface area contributed by atoms with Crippen molar-refractivity contribution in [2.24, 2.45) is 5.90 Å². The van der Waals surface area contributed by atoms with Crippen molar-refractivity contribution in [2.75, 3.05) is 0 Å². The fourth-order valence-corrected chi connectivity index (χ4v) is 0.129. The monoisotopic (exact) mass is 125 g/mol. The minimum absolute atomic E-state index is 1.02. The second-order valence-corrected chi connectivity index (χ2v) is 2.27. The molecule has 42 valence electrons. The summed E-state index contributed by atoms with van der Waals surface area (Å²) in [7, 11) is -2.86. The summed E-state index contributed by atoms with van der Waals surface area (Å²) in [4.78, 5) is 8.12. The third-order valence-electron chi connectivity index (χ3n) is 0.364. The summed E-state index contributed by atoms with van der Waals surface area (Å²) in [5, 5.41) is 0. The number of hydrogen-bond acceptors (Lipinski definition) is 4. The van der Waals surface area contributed by atoms with Gasteiger partial charge in [-0.05, 0) is 0 Å². The predicted octanol–water partition coefficient (Wildman–Crippen LogP) is -1.46. The fourth-order valence-electron chi connectivity index (χ4n) is 0.0430. The van der Waals surface area contributed by atoms with Gasteiger partial charge < -0.3 is 9.33 Å². The minimum atomic E-state index is -3.88. The Labute approximate surface area is 41.4 Å². The lowest BCUT2D eigenvalue weighted by molar-refractivity contribution is 0.212. The van der Waals surface area contributed by atoms with Crippen molar-refractivity contribution in [1.29, 1.82) is 0 Å². The first kappa shape index (κ1) is 7.13. The largest absolute Gasteiger partial charge is 0.473 e. The van der Waals surface area contributed by atoms with E-state index in [9.17, 15) is 4.57 Å². The Balaban J connectivity index is 3.61. The average molecular weight is 125 g/mol. The molecule has 1 atom stereocenters. The molecule has 5 nitrogen and oxygen atoms in total. The summed E-state index contributed by atoms with van der Waals surface area (Å²) < 4.78 is 17.3. The summed E-state index contributed by atoms with van der Waals surface area (Å²) in [6.07, 6.45) is 0. The van der Waals surface area contributed by atoms with E-state index in [4.69, 9.17) is 4.89 Å². The lowest BCUT2D eigenvalue weighted by Crippen LogP contribution is -1.97. The molecule has 1 unspecified atom stereocenters. The van der Waals surface area contributed by atoms with Gasteiger partial charge in [0.05, 0.1) is 0 Å². The van der Waals surface area contributed by atoms with Gasteiger partial charge in [0.25, 0.3) is 8.05 Å². The Morgan fingerprint density at radius 2 is 2.29 bits per heavy atom. The fraction of sp³-hybridized carbons (Fsp3) is 0. The topological polar surface area (TPSA) is 81.8 Å². The molecule has 0 aromatic carbocycles. The van der Waals surface area contributed by atoms with Crippen molar-refractivity contribution in [2.45, 2.75) is 0 Å². The number of hydrogen-bond donors (Lipinski definition) is 2. The second-order valence-electron chi connectivity index (χ2n) is 0.757. The zero-order chi connectivity index (χ0) is 5.91. The van der Waals surface area contributed by atoms with Gasteiger partial charge in [0, 0.05) is 0 Å². The van der Waals surface area contributed by atoms with Gasteiger partial charge in [-0.1, -0.05) is 0 Å². The normalized spacial score (nSPS) is 18.6. The predicted molar refractivity (Wildman–Crippen MR) is 24.7 cm³/mol. The van der Waals surface area contributed by atoms with Gasteiger partial charge >= 0.3 is 7.82 Å². The van der Waals surface area contributed by atoms with E-state index in [1.807, 2.05) is 0 Å². The van der Waals surface area contributed by atoms with E-state index in [-0.39, 0.29) is 0 Å². The van der Waals surface area contributed by atoms with Crippen molar-refractivity contribution in [1.82, 2.24) is 0 Å². The molecule has 0 rings (SSSR count). The first-order valence-corrected chi connectivity index (χ1v) is 2.89. The van der Waals surface area contributed by atoms with Crippen LogP contribution in [-0.2, 0) is 13.6 Å². The average Bonchev–Trinajstić information content (AvgIpc) is 1.68. The van der Waals surface area contributed by atoms with Crippen LogP contribution >= 0.6 is 7.82 Å². The quantitative estimate of drug-likeness (QED) is 0.267. The van der Waals surface area contributed by atoms with E-state index in [0.717, 1.165) is 8.05 Å². The van der Waals surface area contributed by atoms with Crippen LogP contribution in [0.4, 0.5) is 0 Å². The molecule has 0 aromatic heterocycles. The molecule has 0 heterocycles.